The van der Waals surface area contributed by atoms with E-state index in [9.17, 15) is 0 Å². The molecule has 1 aromatic heterocycles. The van der Waals surface area contributed by atoms with Crippen LogP contribution in [-0.2, 0) is 6.42 Å². The Balaban J connectivity index is 1.62. The lowest BCUT2D eigenvalue weighted by Crippen LogP contribution is -2.09. The molecule has 1 heterocycles. The first kappa shape index (κ1) is 18.2. The smallest absolute Gasteiger partial charge is 0.249 e. The van der Waals surface area contributed by atoms with E-state index in [4.69, 9.17) is 27.9 Å². The van der Waals surface area contributed by atoms with Gasteiger partial charge in [-0.15, -0.1) is 5.10 Å². The van der Waals surface area contributed by atoms with E-state index in [1.165, 1.54) is 5.56 Å². The van der Waals surface area contributed by atoms with Crippen LogP contribution in [-0.4, -0.2) is 28.8 Å². The summed E-state index contributed by atoms with van der Waals surface area (Å²) in [4.78, 5) is 4.38. The summed E-state index contributed by atoms with van der Waals surface area (Å²) in [5.41, 5.74) is 1.71. The molecule has 6 nitrogen and oxygen atoms in total. The van der Waals surface area contributed by atoms with E-state index in [0.717, 1.165) is 12.2 Å². The summed E-state index contributed by atoms with van der Waals surface area (Å²) in [6, 6.07) is 13.2. The fourth-order valence-corrected chi connectivity index (χ4v) is 2.83. The molecule has 2 aromatic carbocycles. The first-order valence-electron chi connectivity index (χ1n) is 7.93. The molecule has 26 heavy (non-hydrogen) atoms. The van der Waals surface area contributed by atoms with Gasteiger partial charge in [0.15, 0.2) is 5.82 Å². The maximum Gasteiger partial charge on any atom is 0.249 e. The summed E-state index contributed by atoms with van der Waals surface area (Å²) in [6.07, 6.45) is 2.38. The number of nitrogens with zero attached hydrogens (tertiary/aromatic N) is 3. The zero-order valence-electron chi connectivity index (χ0n) is 14.0. The molecule has 0 atom stereocenters. The van der Waals surface area contributed by atoms with E-state index >= 15 is 0 Å². The number of rotatable bonds is 7. The van der Waals surface area contributed by atoms with E-state index in [1.54, 1.807) is 31.5 Å². The van der Waals surface area contributed by atoms with Crippen LogP contribution < -0.4 is 15.4 Å². The highest BCUT2D eigenvalue weighted by Gasteiger charge is 2.08. The number of halogens is 2. The summed E-state index contributed by atoms with van der Waals surface area (Å²) < 4.78 is 5.23. The number of hydrogen-bond acceptors (Lipinski definition) is 6. The number of aromatic nitrogens is 3. The Labute approximate surface area is 161 Å². The maximum absolute atomic E-state index is 6.15. The van der Waals surface area contributed by atoms with Crippen molar-refractivity contribution in [3.8, 4) is 5.75 Å². The van der Waals surface area contributed by atoms with E-state index in [1.807, 2.05) is 18.2 Å². The van der Waals surface area contributed by atoms with Gasteiger partial charge < -0.3 is 15.4 Å². The number of nitrogens with one attached hydrogen (secondary N) is 2. The summed E-state index contributed by atoms with van der Waals surface area (Å²) in [5, 5.41) is 15.1. The molecule has 0 amide bonds. The lowest BCUT2D eigenvalue weighted by Gasteiger charge is -2.10. The predicted octanol–water partition coefficient (Wildman–Crippen LogP) is 4.59. The molecule has 8 heteroatoms. The summed E-state index contributed by atoms with van der Waals surface area (Å²) in [5.74, 6) is 1.76. The third kappa shape index (κ3) is 4.74. The van der Waals surface area contributed by atoms with Gasteiger partial charge in [0.2, 0.25) is 5.95 Å². The predicted molar refractivity (Wildman–Crippen MR) is 105 cm³/mol. The van der Waals surface area contributed by atoms with Crippen molar-refractivity contribution >= 4 is 40.7 Å². The number of para-hydroxylation sites is 1. The van der Waals surface area contributed by atoms with Crippen LogP contribution in [0, 0.1) is 0 Å². The summed E-state index contributed by atoms with van der Waals surface area (Å²) in [6.45, 7) is 0.693. The molecule has 2 N–H and O–H groups in total. The van der Waals surface area contributed by atoms with Gasteiger partial charge in [-0.25, -0.2) is 0 Å². The first-order valence-corrected chi connectivity index (χ1v) is 8.69. The maximum atomic E-state index is 6.15. The van der Waals surface area contributed by atoms with Crippen LogP contribution >= 0.6 is 23.2 Å². The highest BCUT2D eigenvalue weighted by Crippen LogP contribution is 2.31. The molecule has 0 saturated heterocycles. The molecule has 0 saturated carbocycles. The van der Waals surface area contributed by atoms with E-state index in [2.05, 4.69) is 31.9 Å². The Morgan fingerprint density at radius 1 is 1.08 bits per heavy atom. The van der Waals surface area contributed by atoms with Gasteiger partial charge >= 0.3 is 0 Å². The average molecular weight is 390 g/mol. The van der Waals surface area contributed by atoms with Crippen LogP contribution in [0.25, 0.3) is 0 Å². The number of benzene rings is 2. The minimum absolute atomic E-state index is 0.311. The molecule has 0 bridgehead atoms. The largest absolute Gasteiger partial charge is 0.497 e. The van der Waals surface area contributed by atoms with Crippen LogP contribution in [0.1, 0.15) is 5.56 Å². The lowest BCUT2D eigenvalue weighted by atomic mass is 10.1. The second kappa shape index (κ2) is 8.69. The molecule has 0 unspecified atom stereocenters. The van der Waals surface area contributed by atoms with Crippen molar-refractivity contribution < 1.29 is 4.74 Å². The molecular weight excluding hydrogens is 373 g/mol. The second-order valence-corrected chi connectivity index (χ2v) is 6.23. The fourth-order valence-electron chi connectivity index (χ4n) is 2.33. The van der Waals surface area contributed by atoms with Crippen molar-refractivity contribution in [3.05, 3.63) is 64.3 Å². The van der Waals surface area contributed by atoms with E-state index < -0.39 is 0 Å². The zero-order valence-corrected chi connectivity index (χ0v) is 15.6. The van der Waals surface area contributed by atoms with Gasteiger partial charge in [0.25, 0.3) is 0 Å². The van der Waals surface area contributed by atoms with Crippen LogP contribution in [0.4, 0.5) is 17.5 Å². The molecular formula is C18H17Cl2N5O. The Morgan fingerprint density at radius 2 is 1.85 bits per heavy atom. The number of anilines is 3. The SMILES string of the molecule is COc1cccc(CCNc2cnnc(Nc3c(Cl)cccc3Cl)n2)c1. The molecule has 0 aliphatic rings. The first-order chi connectivity index (χ1) is 12.7. The Kier molecular flexibility index (Phi) is 6.09. The Bertz CT molecular complexity index is 871. The van der Waals surface area contributed by atoms with Crippen molar-refractivity contribution in [2.45, 2.75) is 6.42 Å². The van der Waals surface area contributed by atoms with E-state index in [-0.39, 0.29) is 0 Å². The quantitative estimate of drug-likeness (QED) is 0.615. The van der Waals surface area contributed by atoms with Crippen LogP contribution in [0.15, 0.2) is 48.7 Å². The number of hydrogen-bond donors (Lipinski definition) is 2. The van der Waals surface area contributed by atoms with Gasteiger partial charge in [-0.3, -0.25) is 0 Å². The molecule has 0 aliphatic carbocycles. The third-order valence-corrected chi connectivity index (χ3v) is 4.24. The molecule has 3 rings (SSSR count). The molecule has 0 radical (unpaired) electrons. The Hall–Kier alpha value is -2.57. The van der Waals surface area contributed by atoms with Gasteiger partial charge in [0.1, 0.15) is 5.75 Å². The highest BCUT2D eigenvalue weighted by atomic mass is 35.5. The average Bonchev–Trinajstić information content (AvgIpc) is 2.65. The topological polar surface area (TPSA) is 72.0 Å². The molecule has 0 aliphatic heterocycles. The standard InChI is InChI=1S/C18H17Cl2N5O/c1-26-13-5-2-4-12(10-13)8-9-21-16-11-22-25-18(23-16)24-17-14(19)6-3-7-15(17)20/h2-7,10-11H,8-9H2,1H3,(H2,21,23,24,25). The fraction of sp³-hybridized carbons (Fsp3) is 0.167. The van der Waals surface area contributed by atoms with Gasteiger partial charge in [0, 0.05) is 6.54 Å². The minimum atomic E-state index is 0.311. The number of methoxy groups -OCH3 is 1. The molecule has 3 aromatic rings. The zero-order chi connectivity index (χ0) is 18.4. The second-order valence-electron chi connectivity index (χ2n) is 5.42. The monoisotopic (exact) mass is 389 g/mol. The van der Waals surface area contributed by atoms with E-state index in [0.29, 0.717) is 34.0 Å². The Morgan fingerprint density at radius 3 is 2.62 bits per heavy atom. The lowest BCUT2D eigenvalue weighted by molar-refractivity contribution is 0.414. The molecule has 0 fully saturated rings. The molecule has 0 spiro atoms. The van der Waals surface area contributed by atoms with Crippen LogP contribution in [0.3, 0.4) is 0 Å². The minimum Gasteiger partial charge on any atom is -0.497 e. The summed E-state index contributed by atoms with van der Waals surface area (Å²) >= 11 is 12.3. The van der Waals surface area contributed by atoms with Gasteiger partial charge in [-0.1, -0.05) is 41.4 Å². The van der Waals surface area contributed by atoms with Gasteiger partial charge in [-0.05, 0) is 36.2 Å². The van der Waals surface area contributed by atoms with Crippen molar-refractivity contribution in [1.29, 1.82) is 0 Å². The normalized spacial score (nSPS) is 10.4. The molecule has 134 valence electrons. The summed E-state index contributed by atoms with van der Waals surface area (Å²) in [7, 11) is 1.66. The van der Waals surface area contributed by atoms with Crippen molar-refractivity contribution in [2.75, 3.05) is 24.3 Å². The van der Waals surface area contributed by atoms with Crippen LogP contribution in [0.5, 0.6) is 5.75 Å². The van der Waals surface area contributed by atoms with Crippen molar-refractivity contribution in [1.82, 2.24) is 15.2 Å². The van der Waals surface area contributed by atoms with Crippen molar-refractivity contribution in [3.63, 3.8) is 0 Å². The third-order valence-electron chi connectivity index (χ3n) is 3.61. The highest BCUT2D eigenvalue weighted by molar-refractivity contribution is 6.39. The van der Waals surface area contributed by atoms with Crippen LogP contribution in [0.2, 0.25) is 10.0 Å². The van der Waals surface area contributed by atoms with Gasteiger partial charge in [0.05, 0.1) is 29.0 Å². The van der Waals surface area contributed by atoms with Crippen molar-refractivity contribution in [2.24, 2.45) is 0 Å². The van der Waals surface area contributed by atoms with Gasteiger partial charge in [-0.2, -0.15) is 10.1 Å². The number of ether oxygens (including phenoxy) is 1.